The topological polar surface area (TPSA) is 67.4 Å². The van der Waals surface area contributed by atoms with Gasteiger partial charge in [0.05, 0.1) is 17.8 Å². The monoisotopic (exact) mass is 338 g/mol. The van der Waals surface area contributed by atoms with Crippen LogP contribution in [0, 0.1) is 0 Å². The molecular formula is C15H18N2O3S2. The maximum atomic E-state index is 12.0. The first-order valence-corrected chi connectivity index (χ1v) is 8.35. The zero-order chi connectivity index (χ0) is 16.3. The molecule has 0 bridgehead atoms. The fourth-order valence-electron chi connectivity index (χ4n) is 1.71. The summed E-state index contributed by atoms with van der Waals surface area (Å²) in [6, 6.07) is 5.10. The van der Waals surface area contributed by atoms with Gasteiger partial charge in [-0.1, -0.05) is 20.8 Å². The summed E-state index contributed by atoms with van der Waals surface area (Å²) in [4.78, 5) is 25.3. The maximum Gasteiger partial charge on any atom is 0.350 e. The Kier molecular flexibility index (Phi) is 4.87. The molecule has 2 N–H and O–H groups in total. The van der Waals surface area contributed by atoms with Crippen LogP contribution in [0.25, 0.3) is 0 Å². The van der Waals surface area contributed by atoms with Gasteiger partial charge in [-0.05, 0) is 29.0 Å². The smallest absolute Gasteiger partial charge is 0.350 e. The van der Waals surface area contributed by atoms with Gasteiger partial charge in [-0.3, -0.25) is 5.32 Å². The van der Waals surface area contributed by atoms with Crippen LogP contribution in [-0.4, -0.2) is 19.1 Å². The first-order valence-electron chi connectivity index (χ1n) is 6.65. The van der Waals surface area contributed by atoms with Crippen LogP contribution in [0.2, 0.25) is 0 Å². The van der Waals surface area contributed by atoms with Gasteiger partial charge in [-0.25, -0.2) is 9.59 Å². The average molecular weight is 338 g/mol. The summed E-state index contributed by atoms with van der Waals surface area (Å²) in [6.07, 6.45) is 0. The van der Waals surface area contributed by atoms with Crippen LogP contribution in [-0.2, 0) is 10.2 Å². The Morgan fingerprint density at radius 2 is 1.95 bits per heavy atom. The largest absolute Gasteiger partial charge is 0.465 e. The van der Waals surface area contributed by atoms with E-state index in [0.29, 0.717) is 10.6 Å². The van der Waals surface area contributed by atoms with Crippen LogP contribution < -0.4 is 10.6 Å². The van der Waals surface area contributed by atoms with Crippen LogP contribution in [0.5, 0.6) is 0 Å². The first-order chi connectivity index (χ1) is 10.3. The zero-order valence-electron chi connectivity index (χ0n) is 12.9. The number of carbonyl (C=O) groups excluding carboxylic acids is 2. The lowest BCUT2D eigenvalue weighted by Gasteiger charge is -2.15. The summed E-state index contributed by atoms with van der Waals surface area (Å²) in [7, 11) is 1.33. The number of carbonyl (C=O) groups is 2. The molecular weight excluding hydrogens is 320 g/mol. The molecule has 0 aliphatic carbocycles. The number of urea groups is 1. The van der Waals surface area contributed by atoms with Gasteiger partial charge in [-0.2, -0.15) is 0 Å². The fraction of sp³-hybridized carbons (Fsp3) is 0.333. The number of hydrogen-bond donors (Lipinski definition) is 2. The summed E-state index contributed by atoms with van der Waals surface area (Å²) < 4.78 is 4.79. The van der Waals surface area contributed by atoms with Gasteiger partial charge >= 0.3 is 12.0 Å². The van der Waals surface area contributed by atoms with Crippen LogP contribution in [0.3, 0.4) is 0 Å². The van der Waals surface area contributed by atoms with Gasteiger partial charge in [0.2, 0.25) is 0 Å². The molecule has 2 amide bonds. The number of rotatable bonds is 3. The minimum absolute atomic E-state index is 0.113. The molecule has 5 nitrogen and oxygen atoms in total. The number of nitrogens with one attached hydrogen (secondary N) is 2. The number of esters is 1. The molecule has 0 saturated heterocycles. The number of hydrogen-bond acceptors (Lipinski definition) is 5. The predicted molar refractivity (Wildman–Crippen MR) is 91.3 cm³/mol. The van der Waals surface area contributed by atoms with Crippen molar-refractivity contribution >= 4 is 45.4 Å². The summed E-state index contributed by atoms with van der Waals surface area (Å²) in [5.41, 5.74) is 0.355. The SMILES string of the molecule is COC(=O)c1sc(C(C)(C)C)cc1NC(=O)Nc1cccs1. The van der Waals surface area contributed by atoms with E-state index in [4.69, 9.17) is 4.74 Å². The molecule has 2 rings (SSSR count). The number of anilines is 2. The highest BCUT2D eigenvalue weighted by atomic mass is 32.1. The van der Waals surface area contributed by atoms with Crippen molar-refractivity contribution in [3.63, 3.8) is 0 Å². The number of thiophene rings is 2. The molecule has 0 unspecified atom stereocenters. The van der Waals surface area contributed by atoms with Crippen LogP contribution >= 0.6 is 22.7 Å². The molecule has 0 radical (unpaired) electrons. The molecule has 2 aromatic heterocycles. The predicted octanol–water partition coefficient (Wildman–Crippen LogP) is 4.54. The van der Waals surface area contributed by atoms with E-state index < -0.39 is 5.97 Å². The van der Waals surface area contributed by atoms with Crippen LogP contribution in [0.1, 0.15) is 35.3 Å². The highest BCUT2D eigenvalue weighted by Gasteiger charge is 2.24. The lowest BCUT2D eigenvalue weighted by atomic mass is 9.94. The van der Waals surface area contributed by atoms with Crippen LogP contribution in [0.15, 0.2) is 23.6 Å². The number of ether oxygens (including phenoxy) is 1. The third kappa shape index (κ3) is 3.86. The second-order valence-electron chi connectivity index (χ2n) is 5.65. The van der Waals surface area contributed by atoms with Gasteiger partial charge < -0.3 is 10.1 Å². The van der Waals surface area contributed by atoms with E-state index in [9.17, 15) is 9.59 Å². The lowest BCUT2D eigenvalue weighted by molar-refractivity contribution is 0.0607. The van der Waals surface area contributed by atoms with Gasteiger partial charge in [0.1, 0.15) is 4.88 Å². The second kappa shape index (κ2) is 6.50. The number of amides is 2. The molecule has 0 atom stereocenters. The van der Waals surface area contributed by atoms with Gasteiger partial charge in [0.15, 0.2) is 0 Å². The summed E-state index contributed by atoms with van der Waals surface area (Å²) >= 11 is 2.76. The van der Waals surface area contributed by atoms with Gasteiger partial charge in [0.25, 0.3) is 0 Å². The quantitative estimate of drug-likeness (QED) is 0.808. The standard InChI is InChI=1S/C15H18N2O3S2/c1-15(2,3)10-8-9(12(22-10)13(18)20-4)16-14(19)17-11-6-5-7-21-11/h5-8H,1-4H3,(H2,16,17,19). The molecule has 2 aromatic rings. The molecule has 0 fully saturated rings. The first kappa shape index (κ1) is 16.5. The minimum Gasteiger partial charge on any atom is -0.465 e. The van der Waals surface area contributed by atoms with Crippen molar-refractivity contribution in [2.75, 3.05) is 17.7 Å². The van der Waals surface area contributed by atoms with Crippen molar-refractivity contribution in [1.82, 2.24) is 0 Å². The van der Waals surface area contributed by atoms with Gasteiger partial charge in [-0.15, -0.1) is 22.7 Å². The Labute approximate surface area is 137 Å². The van der Waals surface area contributed by atoms with Crippen molar-refractivity contribution in [2.24, 2.45) is 0 Å². The molecule has 2 heterocycles. The second-order valence-corrected chi connectivity index (χ2v) is 7.65. The minimum atomic E-state index is -0.452. The Bertz CT molecular complexity index is 670. The highest BCUT2D eigenvalue weighted by Crippen LogP contribution is 2.36. The third-order valence-corrected chi connectivity index (χ3v) is 5.17. The Balaban J connectivity index is 2.23. The van der Waals surface area contributed by atoms with Crippen molar-refractivity contribution in [3.8, 4) is 0 Å². The Morgan fingerprint density at radius 1 is 1.23 bits per heavy atom. The molecule has 0 saturated carbocycles. The fourth-order valence-corrected chi connectivity index (χ4v) is 3.41. The molecule has 118 valence electrons. The maximum absolute atomic E-state index is 12.0. The van der Waals surface area contributed by atoms with Crippen LogP contribution in [0.4, 0.5) is 15.5 Å². The van der Waals surface area contributed by atoms with E-state index >= 15 is 0 Å². The van der Waals surface area contributed by atoms with Gasteiger partial charge in [0, 0.05) is 4.88 Å². The summed E-state index contributed by atoms with van der Waals surface area (Å²) in [6.45, 7) is 6.15. The van der Waals surface area contributed by atoms with Crippen molar-refractivity contribution in [2.45, 2.75) is 26.2 Å². The molecule has 0 aliphatic heterocycles. The molecule has 0 aliphatic rings. The lowest BCUT2D eigenvalue weighted by Crippen LogP contribution is -2.19. The highest BCUT2D eigenvalue weighted by molar-refractivity contribution is 7.15. The molecule has 22 heavy (non-hydrogen) atoms. The van der Waals surface area contributed by atoms with Crippen molar-refractivity contribution in [1.29, 1.82) is 0 Å². The zero-order valence-corrected chi connectivity index (χ0v) is 14.5. The van der Waals surface area contributed by atoms with Crippen molar-refractivity contribution < 1.29 is 14.3 Å². The summed E-state index contributed by atoms with van der Waals surface area (Å²) in [5.74, 6) is -0.452. The Hall–Kier alpha value is -1.86. The van der Waals surface area contributed by atoms with Crippen molar-refractivity contribution in [3.05, 3.63) is 33.3 Å². The van der Waals surface area contributed by atoms with E-state index in [-0.39, 0.29) is 11.4 Å². The normalized spacial score (nSPS) is 11.1. The molecule has 7 heteroatoms. The third-order valence-electron chi connectivity index (χ3n) is 2.85. The van der Waals surface area contributed by atoms with E-state index in [0.717, 1.165) is 9.88 Å². The number of methoxy groups -OCH3 is 1. The van der Waals surface area contributed by atoms with E-state index in [2.05, 4.69) is 31.4 Å². The summed E-state index contributed by atoms with van der Waals surface area (Å²) in [5, 5.41) is 8.06. The average Bonchev–Trinajstić information content (AvgIpc) is 3.06. The van der Waals surface area contributed by atoms with E-state index in [1.165, 1.54) is 29.8 Å². The Morgan fingerprint density at radius 3 is 2.50 bits per heavy atom. The van der Waals surface area contributed by atoms with E-state index in [1.807, 2.05) is 17.5 Å². The molecule has 0 spiro atoms. The van der Waals surface area contributed by atoms with E-state index in [1.54, 1.807) is 6.07 Å². The molecule has 0 aromatic carbocycles.